The third kappa shape index (κ3) is 5.90. The van der Waals surface area contributed by atoms with Crippen LogP contribution in [0, 0.1) is 0 Å². The lowest BCUT2D eigenvalue weighted by molar-refractivity contribution is 0.0794. The zero-order valence-corrected chi connectivity index (χ0v) is 17.8. The number of carbonyl (C=O) groups is 1. The molecule has 0 heterocycles. The van der Waals surface area contributed by atoms with E-state index in [0.717, 1.165) is 27.6 Å². The van der Waals surface area contributed by atoms with Crippen LogP contribution < -0.4 is 24.8 Å². The molecule has 0 aliphatic rings. The molecule has 31 heavy (non-hydrogen) atoms. The van der Waals surface area contributed by atoms with Crippen LogP contribution in [0.25, 0.3) is 0 Å². The first-order valence-electron chi connectivity index (χ1n) is 9.68. The molecule has 0 aromatic heterocycles. The Bertz CT molecular complexity index is 1000. The summed E-state index contributed by atoms with van der Waals surface area (Å²) in [7, 11) is 4.74. The zero-order valence-electron chi connectivity index (χ0n) is 17.8. The number of rotatable bonds is 9. The first kappa shape index (κ1) is 22.0. The number of hydrogen-bond donors (Lipinski definition) is 1. The second-order valence-electron chi connectivity index (χ2n) is 6.85. The Morgan fingerprint density at radius 3 is 1.71 bits per heavy atom. The van der Waals surface area contributed by atoms with Gasteiger partial charge >= 0.3 is 0 Å². The summed E-state index contributed by atoms with van der Waals surface area (Å²) in [6.07, 6.45) is 0. The van der Waals surface area contributed by atoms with E-state index in [1.807, 2.05) is 48.5 Å². The molecule has 0 fully saturated rings. The van der Waals surface area contributed by atoms with Crippen LogP contribution in [0.5, 0.6) is 23.0 Å². The number of benzene rings is 3. The van der Waals surface area contributed by atoms with Crippen molar-refractivity contribution in [1.82, 2.24) is 5.01 Å². The van der Waals surface area contributed by atoms with Crippen molar-refractivity contribution in [3.05, 3.63) is 83.4 Å². The normalized spacial score (nSPS) is 10.3. The smallest absolute Gasteiger partial charge is 0.267 e. The molecular formula is C24H26N2O5. The van der Waals surface area contributed by atoms with E-state index in [2.05, 4.69) is 0 Å². The van der Waals surface area contributed by atoms with Crippen molar-refractivity contribution in [3.8, 4) is 23.0 Å². The van der Waals surface area contributed by atoms with Gasteiger partial charge in [-0.2, -0.15) is 0 Å². The third-order valence-corrected chi connectivity index (χ3v) is 4.62. The quantitative estimate of drug-likeness (QED) is 0.321. The summed E-state index contributed by atoms with van der Waals surface area (Å²) >= 11 is 0. The molecule has 3 aromatic rings. The lowest BCUT2D eigenvalue weighted by Crippen LogP contribution is -2.33. The number of nitrogens with zero attached hydrogens (tertiary/aromatic N) is 1. The van der Waals surface area contributed by atoms with Crippen molar-refractivity contribution < 1.29 is 23.7 Å². The summed E-state index contributed by atoms with van der Waals surface area (Å²) < 4.78 is 22.3. The summed E-state index contributed by atoms with van der Waals surface area (Å²) in [6, 6.07) is 20.2. The Balaban J connectivity index is 1.77. The average Bonchev–Trinajstić information content (AvgIpc) is 2.81. The fourth-order valence-corrected chi connectivity index (χ4v) is 2.84. The highest BCUT2D eigenvalue weighted by atomic mass is 16.5. The number of ether oxygens (including phenoxy) is 4. The second kappa shape index (κ2) is 10.4. The maximum absolute atomic E-state index is 12.3. The van der Waals surface area contributed by atoms with Gasteiger partial charge in [-0.3, -0.25) is 9.80 Å². The van der Waals surface area contributed by atoms with Crippen LogP contribution in [0.2, 0.25) is 0 Å². The Morgan fingerprint density at radius 1 is 0.774 bits per heavy atom. The molecule has 0 spiro atoms. The van der Waals surface area contributed by atoms with Gasteiger partial charge in [0.25, 0.3) is 5.91 Å². The van der Waals surface area contributed by atoms with Gasteiger partial charge in [-0.05, 0) is 53.6 Å². The molecule has 3 rings (SSSR count). The molecule has 0 unspecified atom stereocenters. The van der Waals surface area contributed by atoms with Crippen LogP contribution in [0.15, 0.2) is 66.7 Å². The minimum Gasteiger partial charge on any atom is -0.497 e. The Kier molecular flexibility index (Phi) is 7.35. The third-order valence-electron chi connectivity index (χ3n) is 4.62. The molecule has 1 amide bonds. The van der Waals surface area contributed by atoms with E-state index >= 15 is 0 Å². The number of nitrogens with two attached hydrogens (primary N) is 1. The molecule has 0 saturated heterocycles. The fraction of sp³-hybridized carbons (Fsp3) is 0.208. The molecule has 7 nitrogen and oxygen atoms in total. The molecule has 0 saturated carbocycles. The van der Waals surface area contributed by atoms with Gasteiger partial charge < -0.3 is 18.9 Å². The van der Waals surface area contributed by atoms with Gasteiger partial charge in [0.15, 0.2) is 11.5 Å². The Labute approximate surface area is 181 Å². The maximum atomic E-state index is 12.3. The lowest BCUT2D eigenvalue weighted by Gasteiger charge is -2.16. The van der Waals surface area contributed by atoms with Crippen LogP contribution in [0.1, 0.15) is 21.5 Å². The predicted molar refractivity (Wildman–Crippen MR) is 117 cm³/mol. The van der Waals surface area contributed by atoms with Crippen LogP contribution in [-0.2, 0) is 13.2 Å². The van der Waals surface area contributed by atoms with Gasteiger partial charge in [0.05, 0.1) is 14.2 Å². The number of amides is 1. The number of hydrazine groups is 1. The SMILES string of the molecule is COc1ccc(COc2ccc(C(=O)N(C)N)cc2OCc2ccc(OC)cc2)cc1. The first-order valence-corrected chi connectivity index (χ1v) is 9.68. The van der Waals surface area contributed by atoms with E-state index in [4.69, 9.17) is 24.8 Å². The number of hydrogen-bond acceptors (Lipinski definition) is 6. The van der Waals surface area contributed by atoms with Gasteiger partial charge in [0.2, 0.25) is 0 Å². The van der Waals surface area contributed by atoms with E-state index in [-0.39, 0.29) is 5.91 Å². The number of carbonyl (C=O) groups excluding carboxylic acids is 1. The molecule has 0 radical (unpaired) electrons. The molecule has 162 valence electrons. The highest BCUT2D eigenvalue weighted by Gasteiger charge is 2.14. The van der Waals surface area contributed by atoms with Crippen LogP contribution in [0.4, 0.5) is 0 Å². The molecular weight excluding hydrogens is 396 g/mol. The standard InChI is InChI=1S/C24H26N2O5/c1-26(25)24(27)19-8-13-22(30-15-17-4-9-20(28-2)10-5-17)23(14-19)31-16-18-6-11-21(29-3)12-7-18/h4-14H,15-16,25H2,1-3H3. The van der Waals surface area contributed by atoms with Crippen molar-refractivity contribution in [2.75, 3.05) is 21.3 Å². The van der Waals surface area contributed by atoms with E-state index in [1.54, 1.807) is 32.4 Å². The van der Waals surface area contributed by atoms with Crippen molar-refractivity contribution in [3.63, 3.8) is 0 Å². The summed E-state index contributed by atoms with van der Waals surface area (Å²) in [5.41, 5.74) is 2.34. The van der Waals surface area contributed by atoms with E-state index in [0.29, 0.717) is 30.3 Å². The van der Waals surface area contributed by atoms with Gasteiger partial charge in [-0.1, -0.05) is 24.3 Å². The van der Waals surface area contributed by atoms with Crippen molar-refractivity contribution in [2.24, 2.45) is 5.84 Å². The van der Waals surface area contributed by atoms with Gasteiger partial charge in [0.1, 0.15) is 24.7 Å². The van der Waals surface area contributed by atoms with Crippen molar-refractivity contribution in [1.29, 1.82) is 0 Å². The molecule has 3 aromatic carbocycles. The van der Waals surface area contributed by atoms with Gasteiger partial charge in [0, 0.05) is 12.6 Å². The van der Waals surface area contributed by atoms with Crippen LogP contribution in [0.3, 0.4) is 0 Å². The number of methoxy groups -OCH3 is 2. The van der Waals surface area contributed by atoms with E-state index < -0.39 is 0 Å². The molecule has 0 bridgehead atoms. The fourth-order valence-electron chi connectivity index (χ4n) is 2.84. The van der Waals surface area contributed by atoms with Gasteiger partial charge in [-0.15, -0.1) is 0 Å². The Morgan fingerprint density at radius 2 is 1.26 bits per heavy atom. The highest BCUT2D eigenvalue weighted by molar-refractivity contribution is 5.94. The zero-order chi connectivity index (χ0) is 22.2. The largest absolute Gasteiger partial charge is 0.497 e. The summed E-state index contributed by atoms with van der Waals surface area (Å²) in [6.45, 7) is 0.645. The summed E-state index contributed by atoms with van der Waals surface area (Å²) in [4.78, 5) is 12.3. The van der Waals surface area contributed by atoms with Crippen LogP contribution >= 0.6 is 0 Å². The summed E-state index contributed by atoms with van der Waals surface area (Å²) in [5.74, 6) is 7.81. The topological polar surface area (TPSA) is 83.3 Å². The molecule has 2 N–H and O–H groups in total. The predicted octanol–water partition coefficient (Wildman–Crippen LogP) is 3.81. The monoisotopic (exact) mass is 422 g/mol. The minimum absolute atomic E-state index is 0.305. The minimum atomic E-state index is -0.323. The van der Waals surface area contributed by atoms with Crippen molar-refractivity contribution >= 4 is 5.91 Å². The second-order valence-corrected chi connectivity index (χ2v) is 6.85. The molecule has 0 aliphatic carbocycles. The first-order chi connectivity index (χ1) is 15.0. The van der Waals surface area contributed by atoms with Crippen LogP contribution in [-0.4, -0.2) is 32.2 Å². The lowest BCUT2D eigenvalue weighted by atomic mass is 10.1. The van der Waals surface area contributed by atoms with Crippen molar-refractivity contribution in [2.45, 2.75) is 13.2 Å². The van der Waals surface area contributed by atoms with Gasteiger partial charge in [-0.25, -0.2) is 5.84 Å². The molecule has 0 aliphatic heterocycles. The Hall–Kier alpha value is -3.71. The highest BCUT2D eigenvalue weighted by Crippen LogP contribution is 2.31. The average molecular weight is 422 g/mol. The van der Waals surface area contributed by atoms with E-state index in [1.165, 1.54) is 7.05 Å². The summed E-state index contributed by atoms with van der Waals surface area (Å²) in [5, 5.41) is 1.03. The van der Waals surface area contributed by atoms with E-state index in [9.17, 15) is 4.79 Å². The maximum Gasteiger partial charge on any atom is 0.267 e. The molecule has 7 heteroatoms. The molecule has 0 atom stereocenters.